The first-order chi connectivity index (χ1) is 12.2. The van der Waals surface area contributed by atoms with Crippen molar-refractivity contribution in [3.05, 3.63) is 44.3 Å². The van der Waals surface area contributed by atoms with Crippen LogP contribution in [0, 0.1) is 12.8 Å². The fourth-order valence-electron chi connectivity index (χ4n) is 3.30. The van der Waals surface area contributed by atoms with Crippen LogP contribution in [0.25, 0.3) is 0 Å². The van der Waals surface area contributed by atoms with Crippen LogP contribution < -0.4 is 10.6 Å². The molecule has 1 fully saturated rings. The van der Waals surface area contributed by atoms with Crippen LogP contribution >= 0.6 is 46.7 Å². The second-order valence-corrected chi connectivity index (χ2v) is 9.05. The maximum absolute atomic E-state index is 4.36. The van der Waals surface area contributed by atoms with Gasteiger partial charge in [-0.2, -0.15) is 0 Å². The first kappa shape index (κ1) is 21.7. The Kier molecular flexibility index (Phi) is 9.38. The van der Waals surface area contributed by atoms with Crippen LogP contribution in [0.2, 0.25) is 0 Å². The maximum Gasteiger partial charge on any atom is 0.191 e. The van der Waals surface area contributed by atoms with E-state index >= 15 is 0 Å². The number of guanidine groups is 1. The molecule has 0 aliphatic carbocycles. The van der Waals surface area contributed by atoms with Gasteiger partial charge in [-0.15, -0.1) is 46.7 Å². The van der Waals surface area contributed by atoms with Gasteiger partial charge >= 0.3 is 0 Å². The highest BCUT2D eigenvalue weighted by atomic mass is 127. The van der Waals surface area contributed by atoms with E-state index in [1.54, 1.807) is 0 Å². The van der Waals surface area contributed by atoms with Gasteiger partial charge in [0, 0.05) is 41.3 Å². The molecule has 0 aromatic carbocycles. The number of likely N-dealkylation sites (tertiary alicyclic amines) is 1. The van der Waals surface area contributed by atoms with E-state index in [0.717, 1.165) is 25.6 Å². The van der Waals surface area contributed by atoms with E-state index in [2.05, 4.69) is 57.1 Å². The SMILES string of the molecule is CN=C(NCc1ccc(C)s1)NCC1CCCN(Cc2cccs2)C1.I. The van der Waals surface area contributed by atoms with Crippen molar-refractivity contribution in [2.24, 2.45) is 10.9 Å². The van der Waals surface area contributed by atoms with Crippen LogP contribution in [0.15, 0.2) is 34.6 Å². The highest BCUT2D eigenvalue weighted by Gasteiger charge is 2.20. The molecule has 0 bridgehead atoms. The molecule has 1 aliphatic rings. The van der Waals surface area contributed by atoms with Gasteiger partial charge in [0.15, 0.2) is 5.96 Å². The number of hydrogen-bond donors (Lipinski definition) is 2. The smallest absolute Gasteiger partial charge is 0.191 e. The van der Waals surface area contributed by atoms with Crippen molar-refractivity contribution < 1.29 is 0 Å². The van der Waals surface area contributed by atoms with Gasteiger partial charge < -0.3 is 10.6 Å². The highest BCUT2D eigenvalue weighted by Crippen LogP contribution is 2.20. The van der Waals surface area contributed by atoms with E-state index in [1.165, 1.54) is 40.6 Å². The third-order valence-electron chi connectivity index (χ3n) is 4.57. The summed E-state index contributed by atoms with van der Waals surface area (Å²) in [6.07, 6.45) is 2.59. The number of piperidine rings is 1. The summed E-state index contributed by atoms with van der Waals surface area (Å²) in [6, 6.07) is 8.74. The summed E-state index contributed by atoms with van der Waals surface area (Å²) in [6.45, 7) is 7.47. The monoisotopic (exact) mass is 504 g/mol. The summed E-state index contributed by atoms with van der Waals surface area (Å²) in [5.74, 6) is 1.60. The van der Waals surface area contributed by atoms with Gasteiger partial charge in [0.25, 0.3) is 0 Å². The lowest BCUT2D eigenvalue weighted by Gasteiger charge is -2.32. The Balaban J connectivity index is 0.00000243. The Morgan fingerprint density at radius 3 is 2.85 bits per heavy atom. The lowest BCUT2D eigenvalue weighted by Crippen LogP contribution is -2.43. The van der Waals surface area contributed by atoms with E-state index in [-0.39, 0.29) is 24.0 Å². The van der Waals surface area contributed by atoms with Crippen LogP contribution in [0.4, 0.5) is 0 Å². The molecule has 0 spiro atoms. The van der Waals surface area contributed by atoms with Gasteiger partial charge in [-0.05, 0) is 55.8 Å². The van der Waals surface area contributed by atoms with Crippen LogP contribution in [0.3, 0.4) is 0 Å². The third kappa shape index (κ3) is 6.83. The Morgan fingerprint density at radius 1 is 1.27 bits per heavy atom. The minimum atomic E-state index is 0. The molecule has 26 heavy (non-hydrogen) atoms. The quantitative estimate of drug-likeness (QED) is 0.350. The summed E-state index contributed by atoms with van der Waals surface area (Å²) < 4.78 is 0. The average molecular weight is 505 g/mol. The van der Waals surface area contributed by atoms with Gasteiger partial charge in [-0.3, -0.25) is 9.89 Å². The van der Waals surface area contributed by atoms with Crippen LogP contribution in [-0.2, 0) is 13.1 Å². The van der Waals surface area contributed by atoms with E-state index in [1.807, 2.05) is 29.7 Å². The molecule has 2 N–H and O–H groups in total. The van der Waals surface area contributed by atoms with E-state index in [4.69, 9.17) is 0 Å². The number of nitrogens with zero attached hydrogens (tertiary/aromatic N) is 2. The van der Waals surface area contributed by atoms with Gasteiger partial charge in [0.2, 0.25) is 0 Å². The van der Waals surface area contributed by atoms with Crippen molar-refractivity contribution in [3.63, 3.8) is 0 Å². The molecule has 1 aliphatic heterocycles. The molecule has 1 atom stereocenters. The van der Waals surface area contributed by atoms with Crippen molar-refractivity contribution in [1.29, 1.82) is 0 Å². The number of thiophene rings is 2. The molecule has 2 aromatic heterocycles. The second-order valence-electron chi connectivity index (χ2n) is 6.64. The number of aliphatic imine (C=N–C) groups is 1. The first-order valence-electron chi connectivity index (χ1n) is 8.97. The molecule has 1 unspecified atom stereocenters. The van der Waals surface area contributed by atoms with Crippen LogP contribution in [0.1, 0.15) is 27.5 Å². The van der Waals surface area contributed by atoms with Gasteiger partial charge in [-0.1, -0.05) is 6.07 Å². The van der Waals surface area contributed by atoms with Gasteiger partial charge in [0.1, 0.15) is 0 Å². The zero-order chi connectivity index (χ0) is 17.5. The maximum atomic E-state index is 4.36. The summed E-state index contributed by atoms with van der Waals surface area (Å²) in [5.41, 5.74) is 0. The van der Waals surface area contributed by atoms with E-state index < -0.39 is 0 Å². The van der Waals surface area contributed by atoms with Crippen LogP contribution in [0.5, 0.6) is 0 Å². The first-order valence-corrected chi connectivity index (χ1v) is 10.7. The molecule has 3 rings (SSSR count). The molecule has 0 amide bonds. The Hall–Kier alpha value is -0.640. The topological polar surface area (TPSA) is 39.7 Å². The van der Waals surface area contributed by atoms with Gasteiger partial charge in [-0.25, -0.2) is 0 Å². The number of nitrogens with one attached hydrogen (secondary N) is 2. The third-order valence-corrected chi connectivity index (χ3v) is 6.43. The molecule has 1 saturated heterocycles. The molecule has 4 nitrogen and oxygen atoms in total. The van der Waals surface area contributed by atoms with Crippen molar-refractivity contribution >= 4 is 52.6 Å². The Labute approximate surface area is 182 Å². The van der Waals surface area contributed by atoms with E-state index in [0.29, 0.717) is 5.92 Å². The molecule has 0 saturated carbocycles. The standard InChI is InChI=1S/C19H28N4S2.HI/c1-15-7-8-17(25-15)12-22-19(20-2)21-11-16-5-3-9-23(13-16)14-18-6-4-10-24-18;/h4,6-8,10,16H,3,5,9,11-14H2,1-2H3,(H2,20,21,22);1H. The number of rotatable bonds is 6. The highest BCUT2D eigenvalue weighted by molar-refractivity contribution is 14.0. The number of hydrogen-bond acceptors (Lipinski definition) is 4. The van der Waals surface area contributed by atoms with E-state index in [9.17, 15) is 0 Å². The largest absolute Gasteiger partial charge is 0.356 e. The Morgan fingerprint density at radius 2 is 2.15 bits per heavy atom. The molecule has 3 heterocycles. The Bertz CT molecular complexity index is 669. The van der Waals surface area contributed by atoms with Crippen LogP contribution in [-0.4, -0.2) is 37.5 Å². The predicted molar refractivity (Wildman–Crippen MR) is 125 cm³/mol. The average Bonchev–Trinajstić information content (AvgIpc) is 3.27. The molecule has 144 valence electrons. The fraction of sp³-hybridized carbons (Fsp3) is 0.526. The minimum absolute atomic E-state index is 0. The molecule has 7 heteroatoms. The molecule has 0 radical (unpaired) electrons. The van der Waals surface area contributed by atoms with Crippen molar-refractivity contribution in [2.45, 2.75) is 32.9 Å². The zero-order valence-corrected chi connectivity index (χ0v) is 19.5. The molecule has 2 aromatic rings. The summed E-state index contributed by atoms with van der Waals surface area (Å²) in [7, 11) is 1.85. The summed E-state index contributed by atoms with van der Waals surface area (Å²) in [4.78, 5) is 11.1. The zero-order valence-electron chi connectivity index (χ0n) is 15.5. The lowest BCUT2D eigenvalue weighted by molar-refractivity contribution is 0.169. The predicted octanol–water partition coefficient (Wildman–Crippen LogP) is 4.31. The normalized spacial score (nSPS) is 18.4. The van der Waals surface area contributed by atoms with Crippen molar-refractivity contribution in [1.82, 2.24) is 15.5 Å². The van der Waals surface area contributed by atoms with Crippen molar-refractivity contribution in [2.75, 3.05) is 26.7 Å². The fourth-order valence-corrected chi connectivity index (χ4v) is 4.87. The molecular formula is C19H29IN4S2. The minimum Gasteiger partial charge on any atom is -0.356 e. The summed E-state index contributed by atoms with van der Waals surface area (Å²) in [5, 5.41) is 9.11. The lowest BCUT2D eigenvalue weighted by atomic mass is 9.98. The second kappa shape index (κ2) is 11.3. The number of aryl methyl sites for hydroxylation is 1. The number of halogens is 1. The summed E-state index contributed by atoms with van der Waals surface area (Å²) >= 11 is 3.70. The van der Waals surface area contributed by atoms with Gasteiger partial charge in [0.05, 0.1) is 6.54 Å². The van der Waals surface area contributed by atoms with Crippen molar-refractivity contribution in [3.8, 4) is 0 Å². The molecular weight excluding hydrogens is 475 g/mol.